The minimum atomic E-state index is -2.26. The van der Waals surface area contributed by atoms with E-state index >= 15 is 0 Å². The molecule has 0 unspecified atom stereocenters. The van der Waals surface area contributed by atoms with Crippen molar-refractivity contribution in [3.8, 4) is 5.75 Å². The van der Waals surface area contributed by atoms with Gasteiger partial charge in [0.2, 0.25) is 0 Å². The van der Waals surface area contributed by atoms with Gasteiger partial charge in [0.25, 0.3) is 0 Å². The number of rotatable bonds is 6. The van der Waals surface area contributed by atoms with E-state index in [-0.39, 0.29) is 0 Å². The van der Waals surface area contributed by atoms with E-state index in [0.29, 0.717) is 0 Å². The molecule has 0 saturated heterocycles. The normalized spacial score (nSPS) is 11.8. The summed E-state index contributed by atoms with van der Waals surface area (Å²) in [5.74, 6) is 0.945. The quantitative estimate of drug-likeness (QED) is 0.404. The van der Waals surface area contributed by atoms with E-state index in [4.69, 9.17) is 4.74 Å². The molecule has 2 heteroatoms. The average Bonchev–Trinajstić information content (AvgIpc) is 2.79. The molecule has 0 fully saturated rings. The molecule has 146 valence electrons. The Morgan fingerprint density at radius 2 is 1.07 bits per heavy atom. The van der Waals surface area contributed by atoms with Crippen LogP contribution in [0.5, 0.6) is 5.75 Å². The first-order chi connectivity index (χ1) is 14.2. The van der Waals surface area contributed by atoms with Gasteiger partial charge in [-0.1, -0.05) is 0 Å². The van der Waals surface area contributed by atoms with Crippen molar-refractivity contribution in [2.24, 2.45) is 0 Å². The van der Waals surface area contributed by atoms with Crippen molar-refractivity contribution in [3.05, 3.63) is 120 Å². The third-order valence-corrected chi connectivity index (χ3v) is 10.6. The van der Waals surface area contributed by atoms with Gasteiger partial charge in [0, 0.05) is 0 Å². The van der Waals surface area contributed by atoms with Crippen molar-refractivity contribution < 1.29 is 4.74 Å². The first-order valence-electron chi connectivity index (χ1n) is 10.0. The molecule has 0 aliphatic heterocycles. The number of ether oxygens (including phenoxy) is 1. The summed E-state index contributed by atoms with van der Waals surface area (Å²) >= 11 is 0. The molecule has 1 nitrogen and oxygen atoms in total. The van der Waals surface area contributed by atoms with Crippen LogP contribution in [-0.4, -0.2) is 7.11 Å². The molecule has 29 heavy (non-hydrogen) atoms. The summed E-state index contributed by atoms with van der Waals surface area (Å²) in [4.78, 5) is 0. The predicted octanol–water partition coefficient (Wildman–Crippen LogP) is 5.23. The van der Waals surface area contributed by atoms with Crippen LogP contribution in [0, 0.1) is 6.92 Å². The van der Waals surface area contributed by atoms with Gasteiger partial charge in [0.05, 0.1) is 0 Å². The van der Waals surface area contributed by atoms with E-state index in [9.17, 15) is 0 Å². The van der Waals surface area contributed by atoms with Gasteiger partial charge in [0.15, 0.2) is 0 Å². The summed E-state index contributed by atoms with van der Waals surface area (Å²) < 4.78 is 5.50. The van der Waals surface area contributed by atoms with E-state index in [2.05, 4.69) is 116 Å². The average molecular weight is 398 g/mol. The molecule has 0 bridgehead atoms. The van der Waals surface area contributed by atoms with Crippen LogP contribution in [-0.2, 0) is 6.16 Å². The molecule has 0 N–H and O–H groups in total. The summed E-state index contributed by atoms with van der Waals surface area (Å²) in [6.45, 7) is 2.12. The predicted molar refractivity (Wildman–Crippen MR) is 128 cm³/mol. The zero-order chi connectivity index (χ0) is 20.1. The molecule has 4 rings (SSSR count). The van der Waals surface area contributed by atoms with Crippen LogP contribution in [0.1, 0.15) is 11.1 Å². The summed E-state index contributed by atoms with van der Waals surface area (Å²) in [5, 5.41) is 4.31. The fourth-order valence-corrected chi connectivity index (χ4v) is 9.06. The zero-order valence-corrected chi connectivity index (χ0v) is 18.0. The third-order valence-electron chi connectivity index (χ3n) is 5.73. The van der Waals surface area contributed by atoms with Crippen molar-refractivity contribution in [2.45, 2.75) is 13.1 Å². The zero-order valence-electron chi connectivity index (χ0n) is 17.0. The van der Waals surface area contributed by atoms with Gasteiger partial charge in [-0.2, -0.15) is 0 Å². The van der Waals surface area contributed by atoms with Crippen LogP contribution in [0.15, 0.2) is 109 Å². The molecule has 4 aromatic carbocycles. The molecule has 0 aliphatic carbocycles. The van der Waals surface area contributed by atoms with Crippen LogP contribution < -0.4 is 20.7 Å². The van der Waals surface area contributed by atoms with Crippen molar-refractivity contribution in [3.63, 3.8) is 0 Å². The molecule has 0 radical (unpaired) electrons. The SMILES string of the molecule is COc1ccc(C[PH](c2ccccc2)(c2ccccc2)c2ccccc2)cc1C. The van der Waals surface area contributed by atoms with E-state index in [1.807, 2.05) is 0 Å². The van der Waals surface area contributed by atoms with Crippen LogP contribution in [0.3, 0.4) is 0 Å². The number of hydrogen-bond acceptors (Lipinski definition) is 1. The third kappa shape index (κ3) is 3.84. The Labute approximate surface area is 174 Å². The Morgan fingerprint density at radius 3 is 1.45 bits per heavy atom. The monoisotopic (exact) mass is 398 g/mol. The molecule has 0 aliphatic rings. The molecule has 4 aromatic rings. The van der Waals surface area contributed by atoms with Crippen molar-refractivity contribution in [1.29, 1.82) is 0 Å². The second-order valence-electron chi connectivity index (χ2n) is 7.48. The van der Waals surface area contributed by atoms with Gasteiger partial charge in [-0.3, -0.25) is 0 Å². The topological polar surface area (TPSA) is 9.23 Å². The molecule has 0 aromatic heterocycles. The minimum absolute atomic E-state index is 0.945. The van der Waals surface area contributed by atoms with E-state index in [1.165, 1.54) is 27.0 Å². The summed E-state index contributed by atoms with van der Waals surface area (Å²) in [6, 6.07) is 39.8. The molecule has 0 amide bonds. The Morgan fingerprint density at radius 1 is 0.621 bits per heavy atom. The van der Waals surface area contributed by atoms with Crippen LogP contribution in [0.2, 0.25) is 0 Å². The first kappa shape index (κ1) is 19.4. The van der Waals surface area contributed by atoms with Crippen molar-refractivity contribution in [1.82, 2.24) is 0 Å². The number of benzene rings is 4. The number of hydrogen-bond donors (Lipinski definition) is 0. The summed E-state index contributed by atoms with van der Waals surface area (Å²) in [6.07, 6.45) is 1.01. The maximum atomic E-state index is 5.50. The molecule has 0 heterocycles. The summed E-state index contributed by atoms with van der Waals surface area (Å²) in [5.41, 5.74) is 2.54. The second-order valence-corrected chi connectivity index (χ2v) is 11.4. The van der Waals surface area contributed by atoms with E-state index in [1.54, 1.807) is 7.11 Å². The van der Waals surface area contributed by atoms with Gasteiger partial charge in [-0.05, 0) is 0 Å². The Balaban J connectivity index is 1.96. The Kier molecular flexibility index (Phi) is 5.79. The molecule has 0 spiro atoms. The Bertz CT molecular complexity index is 963. The Hall–Kier alpha value is -2.89. The maximum absolute atomic E-state index is 5.50. The van der Waals surface area contributed by atoms with Gasteiger partial charge in [0.1, 0.15) is 0 Å². The van der Waals surface area contributed by atoms with Crippen LogP contribution in [0.4, 0.5) is 0 Å². The fourth-order valence-electron chi connectivity index (χ4n) is 4.33. The van der Waals surface area contributed by atoms with Crippen LogP contribution >= 0.6 is 7.26 Å². The fraction of sp³-hybridized carbons (Fsp3) is 0.111. The first-order valence-corrected chi connectivity index (χ1v) is 12.2. The van der Waals surface area contributed by atoms with Gasteiger partial charge in [-0.25, -0.2) is 0 Å². The van der Waals surface area contributed by atoms with Crippen molar-refractivity contribution >= 4 is 23.2 Å². The molecular formula is C27H27OP. The molecule has 0 saturated carbocycles. The van der Waals surface area contributed by atoms with Gasteiger partial charge >= 0.3 is 174 Å². The molecular weight excluding hydrogens is 371 g/mol. The second kappa shape index (κ2) is 8.64. The summed E-state index contributed by atoms with van der Waals surface area (Å²) in [7, 11) is -0.521. The standard InChI is InChI=1S/C27H27OP/c1-22-20-23(18-19-27(22)28-2)21-29(24-12-6-3-7-13-24,25-14-8-4-9-15-25)26-16-10-5-11-17-26/h3-20,29H,21H2,1-2H3. The number of aryl methyl sites for hydroxylation is 1. The van der Waals surface area contributed by atoms with Crippen molar-refractivity contribution in [2.75, 3.05) is 7.11 Å². The van der Waals surface area contributed by atoms with Gasteiger partial charge < -0.3 is 0 Å². The number of methoxy groups -OCH3 is 1. The van der Waals surface area contributed by atoms with Crippen LogP contribution in [0.25, 0.3) is 0 Å². The van der Waals surface area contributed by atoms with E-state index < -0.39 is 7.26 Å². The van der Waals surface area contributed by atoms with E-state index in [0.717, 1.165) is 11.9 Å². The molecule has 0 atom stereocenters. The van der Waals surface area contributed by atoms with Gasteiger partial charge in [-0.15, -0.1) is 0 Å².